The van der Waals surface area contributed by atoms with Gasteiger partial charge in [-0.1, -0.05) is 36.4 Å². The van der Waals surface area contributed by atoms with Crippen LogP contribution in [0.2, 0.25) is 0 Å². The highest BCUT2D eigenvalue weighted by atomic mass is 16.5. The predicted octanol–water partition coefficient (Wildman–Crippen LogP) is 1.99. The molecule has 1 aromatic carbocycles. The Bertz CT molecular complexity index is 957. The Balaban J connectivity index is 1.87. The number of aliphatic hydroxyl groups is 1. The number of fused-ring (bicyclic) bond motifs is 1. The fourth-order valence-electron chi connectivity index (χ4n) is 5.99. The number of carbonyl (C=O) groups excluding carboxylic acids is 2. The summed E-state index contributed by atoms with van der Waals surface area (Å²) in [5, 5.41) is 20.3. The van der Waals surface area contributed by atoms with Crippen LogP contribution in [0.15, 0.2) is 43.0 Å². The monoisotopic (exact) mass is 456 g/mol. The summed E-state index contributed by atoms with van der Waals surface area (Å²) in [6.45, 7) is 9.35. The molecule has 0 aliphatic carbocycles. The summed E-state index contributed by atoms with van der Waals surface area (Å²) >= 11 is 0. The van der Waals surface area contributed by atoms with Crippen LogP contribution >= 0.6 is 0 Å². The summed E-state index contributed by atoms with van der Waals surface area (Å²) < 4.78 is 6.27. The summed E-state index contributed by atoms with van der Waals surface area (Å²) in [6, 6.07) is 7.18. The third-order valence-corrected chi connectivity index (χ3v) is 7.34. The molecule has 3 heterocycles. The number of ether oxygens (including phenoxy) is 1. The van der Waals surface area contributed by atoms with E-state index in [-0.39, 0.29) is 12.5 Å². The lowest BCUT2D eigenvalue weighted by molar-refractivity contribution is -0.155. The van der Waals surface area contributed by atoms with E-state index in [0.29, 0.717) is 18.4 Å². The summed E-state index contributed by atoms with van der Waals surface area (Å²) in [7, 11) is 0. The molecule has 2 bridgehead atoms. The number of benzene rings is 1. The molecule has 0 saturated carbocycles. The Labute approximate surface area is 193 Å². The molecule has 1 aromatic rings. The van der Waals surface area contributed by atoms with Crippen molar-refractivity contribution in [2.45, 2.75) is 62.9 Å². The quantitative estimate of drug-likeness (QED) is 0.608. The zero-order valence-corrected chi connectivity index (χ0v) is 19.3. The highest BCUT2D eigenvalue weighted by molar-refractivity contribution is 5.98. The van der Waals surface area contributed by atoms with Crippen molar-refractivity contribution in [1.29, 1.82) is 0 Å². The van der Waals surface area contributed by atoms with Gasteiger partial charge in [0.2, 0.25) is 11.8 Å². The summed E-state index contributed by atoms with van der Waals surface area (Å²) in [4.78, 5) is 43.3. The normalized spacial score (nSPS) is 31.4. The van der Waals surface area contributed by atoms with Gasteiger partial charge in [-0.05, 0) is 39.2 Å². The minimum Gasteiger partial charge on any atom is -0.481 e. The van der Waals surface area contributed by atoms with Crippen LogP contribution in [0, 0.1) is 11.8 Å². The molecule has 8 nitrogen and oxygen atoms in total. The van der Waals surface area contributed by atoms with E-state index in [2.05, 4.69) is 6.58 Å². The molecule has 1 spiro atoms. The summed E-state index contributed by atoms with van der Waals surface area (Å²) in [5.74, 6) is -3.83. The third kappa shape index (κ3) is 3.47. The van der Waals surface area contributed by atoms with E-state index in [9.17, 15) is 24.6 Å². The van der Waals surface area contributed by atoms with Gasteiger partial charge >= 0.3 is 5.97 Å². The van der Waals surface area contributed by atoms with Crippen molar-refractivity contribution in [3.63, 3.8) is 0 Å². The van der Waals surface area contributed by atoms with E-state index >= 15 is 0 Å². The average molecular weight is 457 g/mol. The van der Waals surface area contributed by atoms with Crippen molar-refractivity contribution < 1.29 is 29.3 Å². The zero-order chi connectivity index (χ0) is 24.1. The van der Waals surface area contributed by atoms with Crippen LogP contribution in [0.25, 0.3) is 0 Å². The number of carboxylic acid groups (broad SMARTS) is 1. The molecular weight excluding hydrogens is 424 g/mol. The van der Waals surface area contributed by atoms with Gasteiger partial charge in [0.15, 0.2) is 0 Å². The lowest BCUT2D eigenvalue weighted by atomic mass is 9.70. The predicted molar refractivity (Wildman–Crippen MR) is 120 cm³/mol. The number of hydrogen-bond donors (Lipinski definition) is 2. The lowest BCUT2D eigenvalue weighted by Gasteiger charge is -2.43. The number of aliphatic hydroxyl groups excluding tert-OH is 1. The van der Waals surface area contributed by atoms with E-state index in [1.807, 2.05) is 26.8 Å². The van der Waals surface area contributed by atoms with E-state index in [4.69, 9.17) is 4.74 Å². The number of amides is 2. The Hall–Kier alpha value is -2.71. The third-order valence-electron chi connectivity index (χ3n) is 7.34. The maximum Gasteiger partial charge on any atom is 0.310 e. The molecule has 0 unspecified atom stereocenters. The van der Waals surface area contributed by atoms with Gasteiger partial charge < -0.3 is 24.7 Å². The number of nitrogens with zero attached hydrogens (tertiary/aromatic N) is 2. The number of rotatable bonds is 7. The SMILES string of the molecule is C=CCN(C(=O)[C@H]1N([C@H](CO)c2ccccc2)C(=O)[C@@H]2[C@@H](C(=O)O)[C@H]3CC[C@]21O3)C(C)(C)C. The van der Waals surface area contributed by atoms with Crippen molar-refractivity contribution in [3.8, 4) is 0 Å². The molecule has 33 heavy (non-hydrogen) atoms. The van der Waals surface area contributed by atoms with Gasteiger partial charge in [0, 0.05) is 12.1 Å². The summed E-state index contributed by atoms with van der Waals surface area (Å²) in [5.41, 5.74) is -1.12. The second-order valence-corrected chi connectivity index (χ2v) is 10.2. The van der Waals surface area contributed by atoms with Crippen LogP contribution in [0.1, 0.15) is 45.2 Å². The first-order valence-corrected chi connectivity index (χ1v) is 11.4. The minimum atomic E-state index is -1.23. The van der Waals surface area contributed by atoms with Gasteiger partial charge in [-0.25, -0.2) is 0 Å². The molecule has 4 rings (SSSR count). The van der Waals surface area contributed by atoms with Gasteiger partial charge in [-0.2, -0.15) is 0 Å². The highest BCUT2D eigenvalue weighted by Crippen LogP contribution is 2.60. The van der Waals surface area contributed by atoms with E-state index in [1.165, 1.54) is 4.90 Å². The molecule has 0 aromatic heterocycles. The molecule has 0 radical (unpaired) electrons. The number of carboxylic acids is 1. The molecule has 3 fully saturated rings. The minimum absolute atomic E-state index is 0.266. The molecule has 178 valence electrons. The molecule has 2 amide bonds. The molecule has 3 aliphatic rings. The van der Waals surface area contributed by atoms with Crippen LogP contribution in [-0.2, 0) is 19.1 Å². The fraction of sp³-hybridized carbons (Fsp3) is 0.560. The first kappa shape index (κ1) is 23.4. The maximum atomic E-state index is 14.2. The second kappa shape index (κ2) is 8.25. The zero-order valence-electron chi connectivity index (χ0n) is 19.3. The Morgan fingerprint density at radius 2 is 2.00 bits per heavy atom. The Morgan fingerprint density at radius 3 is 2.55 bits per heavy atom. The molecule has 8 heteroatoms. The summed E-state index contributed by atoms with van der Waals surface area (Å²) in [6.07, 6.45) is 1.93. The van der Waals surface area contributed by atoms with Gasteiger partial charge in [0.25, 0.3) is 0 Å². The van der Waals surface area contributed by atoms with E-state index in [1.54, 1.807) is 35.2 Å². The number of likely N-dealkylation sites (tertiary alicyclic amines) is 1. The van der Waals surface area contributed by atoms with Gasteiger partial charge in [0.05, 0.1) is 30.6 Å². The molecule has 6 atom stereocenters. The first-order chi connectivity index (χ1) is 15.6. The lowest BCUT2D eigenvalue weighted by Crippen LogP contribution is -2.60. The molecule has 2 N–H and O–H groups in total. The van der Waals surface area contributed by atoms with Crippen LogP contribution < -0.4 is 0 Å². The van der Waals surface area contributed by atoms with Gasteiger partial charge in [0.1, 0.15) is 11.6 Å². The average Bonchev–Trinajstić information content (AvgIpc) is 3.40. The van der Waals surface area contributed by atoms with Crippen molar-refractivity contribution in [3.05, 3.63) is 48.6 Å². The highest BCUT2D eigenvalue weighted by Gasteiger charge is 2.75. The molecule has 3 aliphatic heterocycles. The smallest absolute Gasteiger partial charge is 0.310 e. The standard InChI is InChI=1S/C25H32N2O6/c1-5-13-26(24(2,3)4)22(30)20-25-12-11-17(33-25)18(23(31)32)19(25)21(29)27(20)16(14-28)15-9-7-6-8-10-15/h5-10,16-20,28H,1,11-14H2,2-4H3,(H,31,32)/t16-,17-,18+,19+,20-,25+/m1/s1. The van der Waals surface area contributed by atoms with Gasteiger partial charge in [-0.3, -0.25) is 14.4 Å². The van der Waals surface area contributed by atoms with Crippen molar-refractivity contribution in [2.75, 3.05) is 13.2 Å². The number of hydrogen-bond acceptors (Lipinski definition) is 5. The largest absolute Gasteiger partial charge is 0.481 e. The number of carbonyl (C=O) groups is 3. The van der Waals surface area contributed by atoms with Crippen LogP contribution in [-0.4, -0.2) is 74.2 Å². The second-order valence-electron chi connectivity index (χ2n) is 10.2. The van der Waals surface area contributed by atoms with Crippen LogP contribution in [0.5, 0.6) is 0 Å². The molecular formula is C25H32N2O6. The van der Waals surface area contributed by atoms with E-state index < -0.39 is 59.6 Å². The fourth-order valence-corrected chi connectivity index (χ4v) is 5.99. The van der Waals surface area contributed by atoms with Crippen LogP contribution in [0.4, 0.5) is 0 Å². The van der Waals surface area contributed by atoms with Crippen molar-refractivity contribution in [1.82, 2.24) is 9.80 Å². The number of aliphatic carboxylic acids is 1. The Morgan fingerprint density at radius 1 is 1.33 bits per heavy atom. The maximum absolute atomic E-state index is 14.2. The topological polar surface area (TPSA) is 107 Å². The van der Waals surface area contributed by atoms with E-state index in [0.717, 1.165) is 0 Å². The first-order valence-electron chi connectivity index (χ1n) is 11.4. The van der Waals surface area contributed by atoms with Gasteiger partial charge in [-0.15, -0.1) is 6.58 Å². The van der Waals surface area contributed by atoms with Crippen molar-refractivity contribution >= 4 is 17.8 Å². The van der Waals surface area contributed by atoms with Crippen molar-refractivity contribution in [2.24, 2.45) is 11.8 Å². The Kier molecular flexibility index (Phi) is 5.87. The van der Waals surface area contributed by atoms with Crippen LogP contribution in [0.3, 0.4) is 0 Å². The molecule has 3 saturated heterocycles.